The molecule has 0 unspecified atom stereocenters. The van der Waals surface area contributed by atoms with Gasteiger partial charge >= 0.3 is 0 Å². The van der Waals surface area contributed by atoms with E-state index in [1.807, 2.05) is 6.20 Å². The quantitative estimate of drug-likeness (QED) is 0.716. The lowest BCUT2D eigenvalue weighted by Gasteiger charge is -2.17. The summed E-state index contributed by atoms with van der Waals surface area (Å²) < 4.78 is 0. The minimum absolute atomic E-state index is 0.537. The Bertz CT molecular complexity index is 498. The first-order chi connectivity index (χ1) is 7.61. The standard InChI is InChI=1S/C15H19N/c1-10(2)13-9-16-14-8-6-5-7-12(14)15(13)11(3)4/h5-11H,1-4H3. The first-order valence-electron chi connectivity index (χ1n) is 5.98. The molecule has 1 heteroatoms. The van der Waals surface area contributed by atoms with Crippen molar-refractivity contribution in [2.24, 2.45) is 0 Å². The van der Waals surface area contributed by atoms with Crippen molar-refractivity contribution >= 4 is 10.9 Å². The van der Waals surface area contributed by atoms with Crippen molar-refractivity contribution in [3.05, 3.63) is 41.6 Å². The molecule has 16 heavy (non-hydrogen) atoms. The maximum absolute atomic E-state index is 4.55. The lowest BCUT2D eigenvalue weighted by atomic mass is 9.89. The molecule has 0 aliphatic carbocycles. The number of rotatable bonds is 2. The first kappa shape index (κ1) is 11.1. The molecule has 84 valence electrons. The van der Waals surface area contributed by atoms with Crippen molar-refractivity contribution in [3.8, 4) is 0 Å². The summed E-state index contributed by atoms with van der Waals surface area (Å²) in [6, 6.07) is 8.42. The average molecular weight is 213 g/mol. The van der Waals surface area contributed by atoms with Crippen molar-refractivity contribution in [3.63, 3.8) is 0 Å². The molecular weight excluding hydrogens is 194 g/mol. The largest absolute Gasteiger partial charge is 0.256 e. The highest BCUT2D eigenvalue weighted by Gasteiger charge is 2.13. The molecule has 0 amide bonds. The normalized spacial score (nSPS) is 11.6. The zero-order chi connectivity index (χ0) is 11.7. The maximum Gasteiger partial charge on any atom is 0.0705 e. The molecule has 0 saturated carbocycles. The molecule has 1 aromatic heterocycles. The van der Waals surface area contributed by atoms with Crippen LogP contribution >= 0.6 is 0 Å². The molecule has 0 fully saturated rings. The molecule has 0 saturated heterocycles. The van der Waals surface area contributed by atoms with E-state index in [0.717, 1.165) is 5.52 Å². The van der Waals surface area contributed by atoms with Crippen molar-refractivity contribution < 1.29 is 0 Å². The molecule has 2 aromatic rings. The van der Waals surface area contributed by atoms with Crippen molar-refractivity contribution in [1.29, 1.82) is 0 Å². The smallest absolute Gasteiger partial charge is 0.0705 e. The minimum Gasteiger partial charge on any atom is -0.256 e. The summed E-state index contributed by atoms with van der Waals surface area (Å²) in [6.45, 7) is 8.98. The van der Waals surface area contributed by atoms with Crippen LogP contribution in [0.1, 0.15) is 50.7 Å². The minimum atomic E-state index is 0.537. The summed E-state index contributed by atoms with van der Waals surface area (Å²) in [7, 11) is 0. The Morgan fingerprint density at radius 2 is 1.62 bits per heavy atom. The van der Waals surface area contributed by atoms with Crippen LogP contribution in [0.2, 0.25) is 0 Å². The number of nitrogens with zero attached hydrogens (tertiary/aromatic N) is 1. The molecule has 0 atom stereocenters. The number of benzene rings is 1. The highest BCUT2D eigenvalue weighted by Crippen LogP contribution is 2.31. The van der Waals surface area contributed by atoms with E-state index in [-0.39, 0.29) is 0 Å². The number of hydrogen-bond donors (Lipinski definition) is 0. The molecule has 1 nitrogen and oxygen atoms in total. The van der Waals surface area contributed by atoms with Gasteiger partial charge in [-0.2, -0.15) is 0 Å². The van der Waals surface area contributed by atoms with Gasteiger partial charge in [-0.15, -0.1) is 0 Å². The van der Waals surface area contributed by atoms with E-state index in [1.54, 1.807) is 0 Å². The highest BCUT2D eigenvalue weighted by molar-refractivity contribution is 5.83. The van der Waals surface area contributed by atoms with Crippen LogP contribution < -0.4 is 0 Å². The molecule has 1 heterocycles. The molecule has 0 aliphatic heterocycles. The molecule has 0 bridgehead atoms. The van der Waals surface area contributed by atoms with Crippen LogP contribution in [0.4, 0.5) is 0 Å². The van der Waals surface area contributed by atoms with E-state index in [1.165, 1.54) is 16.5 Å². The Morgan fingerprint density at radius 1 is 0.938 bits per heavy atom. The fourth-order valence-corrected chi connectivity index (χ4v) is 2.28. The molecule has 0 aliphatic rings. The molecule has 0 N–H and O–H groups in total. The van der Waals surface area contributed by atoms with E-state index in [0.29, 0.717) is 11.8 Å². The van der Waals surface area contributed by atoms with Gasteiger partial charge in [-0.1, -0.05) is 45.9 Å². The monoisotopic (exact) mass is 213 g/mol. The zero-order valence-corrected chi connectivity index (χ0v) is 10.5. The van der Waals surface area contributed by atoms with Gasteiger partial charge < -0.3 is 0 Å². The third-order valence-electron chi connectivity index (χ3n) is 3.05. The molecular formula is C15H19N. The molecule has 0 radical (unpaired) electrons. The van der Waals surface area contributed by atoms with Gasteiger partial charge in [-0.3, -0.25) is 4.98 Å². The van der Waals surface area contributed by atoms with Crippen LogP contribution in [0.5, 0.6) is 0 Å². The zero-order valence-electron chi connectivity index (χ0n) is 10.5. The summed E-state index contributed by atoms with van der Waals surface area (Å²) >= 11 is 0. The highest BCUT2D eigenvalue weighted by atomic mass is 14.7. The van der Waals surface area contributed by atoms with E-state index in [4.69, 9.17) is 0 Å². The van der Waals surface area contributed by atoms with Crippen LogP contribution in [0.25, 0.3) is 10.9 Å². The van der Waals surface area contributed by atoms with E-state index < -0.39 is 0 Å². The van der Waals surface area contributed by atoms with Gasteiger partial charge in [-0.05, 0) is 29.0 Å². The van der Waals surface area contributed by atoms with Gasteiger partial charge in [-0.25, -0.2) is 0 Å². The Hall–Kier alpha value is -1.37. The Labute approximate surface area is 97.5 Å². The summed E-state index contributed by atoms with van der Waals surface area (Å²) in [5, 5.41) is 1.31. The summed E-state index contributed by atoms with van der Waals surface area (Å²) in [6.07, 6.45) is 2.04. The second-order valence-electron chi connectivity index (χ2n) is 4.95. The predicted molar refractivity (Wildman–Crippen MR) is 69.9 cm³/mol. The first-order valence-corrected chi connectivity index (χ1v) is 5.98. The SMILES string of the molecule is CC(C)c1cnc2ccccc2c1C(C)C. The number of fused-ring (bicyclic) bond motifs is 1. The second kappa shape index (κ2) is 4.25. The van der Waals surface area contributed by atoms with Gasteiger partial charge in [0.05, 0.1) is 5.52 Å². The van der Waals surface area contributed by atoms with Crippen LogP contribution in [0, 0.1) is 0 Å². The fourth-order valence-electron chi connectivity index (χ4n) is 2.28. The maximum atomic E-state index is 4.55. The Morgan fingerprint density at radius 3 is 2.25 bits per heavy atom. The van der Waals surface area contributed by atoms with Gasteiger partial charge in [0.1, 0.15) is 0 Å². The fraction of sp³-hybridized carbons (Fsp3) is 0.400. The average Bonchev–Trinajstić information content (AvgIpc) is 2.27. The van der Waals surface area contributed by atoms with Crippen LogP contribution in [-0.2, 0) is 0 Å². The van der Waals surface area contributed by atoms with Crippen molar-refractivity contribution in [2.75, 3.05) is 0 Å². The number of para-hydroxylation sites is 1. The number of hydrogen-bond acceptors (Lipinski definition) is 1. The third-order valence-corrected chi connectivity index (χ3v) is 3.05. The number of pyridine rings is 1. The van der Waals surface area contributed by atoms with Gasteiger partial charge in [0.15, 0.2) is 0 Å². The van der Waals surface area contributed by atoms with Crippen molar-refractivity contribution in [1.82, 2.24) is 4.98 Å². The third kappa shape index (κ3) is 1.82. The Balaban J connectivity index is 2.79. The topological polar surface area (TPSA) is 12.9 Å². The summed E-state index contributed by atoms with van der Waals surface area (Å²) in [5.41, 5.74) is 3.95. The van der Waals surface area contributed by atoms with Gasteiger partial charge in [0.2, 0.25) is 0 Å². The lowest BCUT2D eigenvalue weighted by molar-refractivity contribution is 0.792. The van der Waals surface area contributed by atoms with E-state index in [9.17, 15) is 0 Å². The number of aromatic nitrogens is 1. The molecule has 2 rings (SSSR count). The van der Waals surface area contributed by atoms with Crippen LogP contribution in [0.15, 0.2) is 30.5 Å². The predicted octanol–water partition coefficient (Wildman–Crippen LogP) is 4.48. The summed E-state index contributed by atoms with van der Waals surface area (Å²) in [4.78, 5) is 4.55. The Kier molecular flexibility index (Phi) is 2.95. The van der Waals surface area contributed by atoms with Crippen molar-refractivity contribution in [2.45, 2.75) is 39.5 Å². The second-order valence-corrected chi connectivity index (χ2v) is 4.95. The van der Waals surface area contributed by atoms with E-state index in [2.05, 4.69) is 56.9 Å². The summed E-state index contributed by atoms with van der Waals surface area (Å²) in [5.74, 6) is 1.08. The molecule has 0 spiro atoms. The lowest BCUT2D eigenvalue weighted by Crippen LogP contribution is -2.01. The van der Waals surface area contributed by atoms with Crippen LogP contribution in [0.3, 0.4) is 0 Å². The van der Waals surface area contributed by atoms with E-state index >= 15 is 0 Å². The van der Waals surface area contributed by atoms with Crippen LogP contribution in [-0.4, -0.2) is 4.98 Å². The van der Waals surface area contributed by atoms with Gasteiger partial charge in [0.25, 0.3) is 0 Å². The molecule has 1 aromatic carbocycles. The van der Waals surface area contributed by atoms with Gasteiger partial charge in [0, 0.05) is 11.6 Å².